The molecule has 2 heteroatoms. The molecule has 2 aromatic carbocycles. The molecule has 2 heterocycles. The average Bonchev–Trinajstić information content (AvgIpc) is 2.97. The highest BCUT2D eigenvalue weighted by atomic mass is 16.2. The highest BCUT2D eigenvalue weighted by Crippen LogP contribution is 2.42. The van der Waals surface area contributed by atoms with Crippen molar-refractivity contribution in [3.05, 3.63) is 77.9 Å². The molecule has 22 heavy (non-hydrogen) atoms. The summed E-state index contributed by atoms with van der Waals surface area (Å²) in [6, 6.07) is 21.4. The van der Waals surface area contributed by atoms with Crippen molar-refractivity contribution in [3.8, 4) is 0 Å². The molecular formula is C20H19NO. The molecule has 0 spiro atoms. The van der Waals surface area contributed by atoms with Crippen molar-refractivity contribution >= 4 is 11.5 Å². The fourth-order valence-corrected chi connectivity index (χ4v) is 3.72. The summed E-state index contributed by atoms with van der Waals surface area (Å²) in [7, 11) is 0. The van der Waals surface area contributed by atoms with E-state index in [1.54, 1.807) is 0 Å². The van der Waals surface area contributed by atoms with Crippen LogP contribution in [0, 0.1) is 0 Å². The first-order valence-electron chi connectivity index (χ1n) is 7.95. The summed E-state index contributed by atoms with van der Waals surface area (Å²) in [5, 5.41) is 0. The van der Waals surface area contributed by atoms with Crippen molar-refractivity contribution in [1.29, 1.82) is 0 Å². The van der Waals surface area contributed by atoms with Crippen molar-refractivity contribution < 1.29 is 4.79 Å². The molecule has 2 nitrogen and oxygen atoms in total. The Morgan fingerprint density at radius 1 is 0.909 bits per heavy atom. The van der Waals surface area contributed by atoms with Gasteiger partial charge in [-0.05, 0) is 29.5 Å². The molecule has 0 bridgehead atoms. The Morgan fingerprint density at radius 2 is 1.59 bits per heavy atom. The van der Waals surface area contributed by atoms with Crippen molar-refractivity contribution in [2.24, 2.45) is 0 Å². The molecule has 1 amide bonds. The van der Waals surface area contributed by atoms with Gasteiger partial charge in [0.1, 0.15) is 0 Å². The summed E-state index contributed by atoms with van der Waals surface area (Å²) in [6.45, 7) is 0. The van der Waals surface area contributed by atoms with E-state index in [1.165, 1.54) is 16.7 Å². The van der Waals surface area contributed by atoms with E-state index in [0.29, 0.717) is 12.3 Å². The Bertz CT molecular complexity index is 705. The predicted molar refractivity (Wildman–Crippen MR) is 88.1 cm³/mol. The zero-order valence-corrected chi connectivity index (χ0v) is 12.5. The Morgan fingerprint density at radius 3 is 2.32 bits per heavy atom. The number of hydrogen-bond acceptors (Lipinski definition) is 1. The van der Waals surface area contributed by atoms with E-state index in [9.17, 15) is 4.79 Å². The highest BCUT2D eigenvalue weighted by molar-refractivity contribution is 5.82. The minimum atomic E-state index is 0.168. The van der Waals surface area contributed by atoms with Crippen molar-refractivity contribution in [2.45, 2.75) is 31.3 Å². The maximum atomic E-state index is 12.3. The molecule has 0 aliphatic carbocycles. The average molecular weight is 289 g/mol. The minimum Gasteiger partial charge on any atom is -0.329 e. The Kier molecular flexibility index (Phi) is 3.30. The molecular weight excluding hydrogens is 270 g/mol. The van der Waals surface area contributed by atoms with Gasteiger partial charge in [0.15, 0.2) is 0 Å². The van der Waals surface area contributed by atoms with E-state index in [2.05, 4.69) is 59.5 Å². The van der Waals surface area contributed by atoms with Gasteiger partial charge in [-0.3, -0.25) is 4.79 Å². The fourth-order valence-electron chi connectivity index (χ4n) is 3.72. The second-order valence-electron chi connectivity index (χ2n) is 6.10. The zero-order chi connectivity index (χ0) is 14.9. The molecule has 2 atom stereocenters. The van der Waals surface area contributed by atoms with Crippen LogP contribution < -0.4 is 0 Å². The molecule has 0 aromatic heterocycles. The quantitative estimate of drug-likeness (QED) is 0.811. The van der Waals surface area contributed by atoms with Gasteiger partial charge in [0.25, 0.3) is 0 Å². The summed E-state index contributed by atoms with van der Waals surface area (Å²) in [6.07, 6.45) is 4.82. The van der Waals surface area contributed by atoms with Crippen LogP contribution in [0.1, 0.15) is 36.4 Å². The minimum absolute atomic E-state index is 0.168. The third kappa shape index (κ3) is 2.25. The number of carbonyl (C=O) groups excluding carboxylic acids is 1. The summed E-state index contributed by atoms with van der Waals surface area (Å²) in [5.74, 6) is 0.294. The topological polar surface area (TPSA) is 20.3 Å². The summed E-state index contributed by atoms with van der Waals surface area (Å²) in [4.78, 5) is 14.4. The standard InChI is InChI=1S/C20H19NO/c22-20-12-11-18-13-17(15-7-3-1-4-8-15)14-19(21(18)20)16-9-5-2-6-10-16/h1-10,13,18-19H,11-12,14H2. The van der Waals surface area contributed by atoms with Gasteiger partial charge >= 0.3 is 0 Å². The van der Waals surface area contributed by atoms with Crippen LogP contribution in [0.3, 0.4) is 0 Å². The molecule has 110 valence electrons. The first-order valence-corrected chi connectivity index (χ1v) is 7.95. The lowest BCUT2D eigenvalue weighted by atomic mass is 9.88. The predicted octanol–water partition coefficient (Wildman–Crippen LogP) is 4.21. The Balaban J connectivity index is 1.76. The molecule has 4 rings (SSSR count). The van der Waals surface area contributed by atoms with Gasteiger partial charge in [0, 0.05) is 6.42 Å². The molecule has 2 aromatic rings. The number of nitrogens with zero attached hydrogens (tertiary/aromatic N) is 1. The van der Waals surface area contributed by atoms with Crippen LogP contribution in [0.4, 0.5) is 0 Å². The lowest BCUT2D eigenvalue weighted by Gasteiger charge is -2.37. The largest absolute Gasteiger partial charge is 0.329 e. The smallest absolute Gasteiger partial charge is 0.223 e. The Labute approximate surface area is 131 Å². The highest BCUT2D eigenvalue weighted by Gasteiger charge is 2.39. The molecule has 1 fully saturated rings. The number of benzene rings is 2. The molecule has 0 radical (unpaired) electrons. The van der Waals surface area contributed by atoms with E-state index in [4.69, 9.17) is 0 Å². The zero-order valence-electron chi connectivity index (χ0n) is 12.5. The maximum absolute atomic E-state index is 12.3. The molecule has 2 aliphatic heterocycles. The van der Waals surface area contributed by atoms with Gasteiger partial charge < -0.3 is 4.90 Å². The number of carbonyl (C=O) groups is 1. The molecule has 2 unspecified atom stereocenters. The SMILES string of the molecule is O=C1CCC2C=C(c3ccccc3)CC(c3ccccc3)N12. The first-order chi connectivity index (χ1) is 10.8. The third-order valence-electron chi connectivity index (χ3n) is 4.77. The second-order valence-corrected chi connectivity index (χ2v) is 6.10. The van der Waals surface area contributed by atoms with E-state index >= 15 is 0 Å². The van der Waals surface area contributed by atoms with E-state index in [1.807, 2.05) is 12.1 Å². The van der Waals surface area contributed by atoms with Crippen LogP contribution in [0.5, 0.6) is 0 Å². The normalized spacial score (nSPS) is 24.1. The maximum Gasteiger partial charge on any atom is 0.223 e. The van der Waals surface area contributed by atoms with E-state index in [0.717, 1.165) is 12.8 Å². The van der Waals surface area contributed by atoms with Crippen LogP contribution in [0.15, 0.2) is 66.7 Å². The van der Waals surface area contributed by atoms with Gasteiger partial charge in [0.05, 0.1) is 12.1 Å². The van der Waals surface area contributed by atoms with E-state index < -0.39 is 0 Å². The van der Waals surface area contributed by atoms with Crippen molar-refractivity contribution in [1.82, 2.24) is 4.90 Å². The van der Waals surface area contributed by atoms with E-state index in [-0.39, 0.29) is 12.1 Å². The van der Waals surface area contributed by atoms with Crippen LogP contribution in [0.2, 0.25) is 0 Å². The number of hydrogen-bond donors (Lipinski definition) is 0. The second kappa shape index (κ2) is 5.45. The number of amides is 1. The van der Waals surface area contributed by atoms with Crippen LogP contribution in [0.25, 0.3) is 5.57 Å². The lowest BCUT2D eigenvalue weighted by Crippen LogP contribution is -2.38. The molecule has 0 saturated carbocycles. The summed E-state index contributed by atoms with van der Waals surface area (Å²) in [5.41, 5.74) is 3.89. The van der Waals surface area contributed by atoms with Gasteiger partial charge in [-0.15, -0.1) is 0 Å². The third-order valence-corrected chi connectivity index (χ3v) is 4.77. The molecule has 1 saturated heterocycles. The lowest BCUT2D eigenvalue weighted by molar-refractivity contribution is -0.130. The first kappa shape index (κ1) is 13.3. The molecule has 0 N–H and O–H groups in total. The van der Waals surface area contributed by atoms with Crippen molar-refractivity contribution in [3.63, 3.8) is 0 Å². The van der Waals surface area contributed by atoms with Crippen LogP contribution >= 0.6 is 0 Å². The monoisotopic (exact) mass is 289 g/mol. The van der Waals surface area contributed by atoms with Gasteiger partial charge in [-0.25, -0.2) is 0 Å². The van der Waals surface area contributed by atoms with Gasteiger partial charge in [-0.1, -0.05) is 66.7 Å². The van der Waals surface area contributed by atoms with Gasteiger partial charge in [0.2, 0.25) is 5.91 Å². The van der Waals surface area contributed by atoms with Gasteiger partial charge in [-0.2, -0.15) is 0 Å². The Hall–Kier alpha value is -2.35. The summed E-state index contributed by atoms with van der Waals surface area (Å²) >= 11 is 0. The number of rotatable bonds is 2. The van der Waals surface area contributed by atoms with Crippen LogP contribution in [-0.2, 0) is 4.79 Å². The molecule has 2 aliphatic rings. The number of fused-ring (bicyclic) bond motifs is 1. The van der Waals surface area contributed by atoms with Crippen LogP contribution in [-0.4, -0.2) is 16.8 Å². The summed E-state index contributed by atoms with van der Waals surface area (Å²) < 4.78 is 0. The van der Waals surface area contributed by atoms with Crippen molar-refractivity contribution in [2.75, 3.05) is 0 Å². The fraction of sp³-hybridized carbons (Fsp3) is 0.250.